The predicted molar refractivity (Wildman–Crippen MR) is 125 cm³/mol. The second kappa shape index (κ2) is 7.93. The van der Waals surface area contributed by atoms with Crippen LogP contribution in [0.1, 0.15) is 16.8 Å². The zero-order chi connectivity index (χ0) is 24.0. The molecular weight excluding hydrogens is 433 g/mol. The number of nitriles is 2. The quantitative estimate of drug-likeness (QED) is 0.433. The molecule has 0 aliphatic heterocycles. The van der Waals surface area contributed by atoms with E-state index in [-0.39, 0.29) is 28.6 Å². The number of halogens is 1. The van der Waals surface area contributed by atoms with Gasteiger partial charge in [0.15, 0.2) is 0 Å². The van der Waals surface area contributed by atoms with Crippen molar-refractivity contribution in [3.8, 4) is 34.5 Å². The van der Waals surface area contributed by atoms with E-state index in [2.05, 4.69) is 27.4 Å². The van der Waals surface area contributed by atoms with Gasteiger partial charge < -0.3 is 5.73 Å². The minimum atomic E-state index is -0.567. The van der Waals surface area contributed by atoms with Crippen molar-refractivity contribution in [2.45, 2.75) is 6.54 Å². The van der Waals surface area contributed by atoms with Gasteiger partial charge in [-0.15, -0.1) is 0 Å². The summed E-state index contributed by atoms with van der Waals surface area (Å²) in [6.45, 7) is 0.0411. The summed E-state index contributed by atoms with van der Waals surface area (Å²) in [6.07, 6.45) is 1.54. The first-order valence-corrected chi connectivity index (χ1v) is 10.3. The van der Waals surface area contributed by atoms with Gasteiger partial charge in [0.1, 0.15) is 18.0 Å². The fraction of sp³-hybridized carbons (Fsp3) is 0.0800. The molecule has 3 N–H and O–H groups in total. The van der Waals surface area contributed by atoms with Crippen LogP contribution in [0.2, 0.25) is 0 Å². The van der Waals surface area contributed by atoms with Crippen LogP contribution in [0.15, 0.2) is 53.5 Å². The molecule has 2 aromatic heterocycles. The maximum absolute atomic E-state index is 15.5. The summed E-state index contributed by atoms with van der Waals surface area (Å²) in [5, 5.41) is 32.2. The molecule has 0 unspecified atom stereocenters. The number of rotatable bonds is 3. The largest absolute Gasteiger partial charge is 0.325 e. The Hall–Kier alpha value is -4.86. The fourth-order valence-electron chi connectivity index (χ4n) is 4.35. The van der Waals surface area contributed by atoms with Crippen LogP contribution < -0.4 is 11.3 Å². The van der Waals surface area contributed by atoms with Crippen LogP contribution >= 0.6 is 0 Å². The van der Waals surface area contributed by atoms with Crippen LogP contribution in [-0.4, -0.2) is 20.0 Å². The predicted octanol–water partition coefficient (Wildman–Crippen LogP) is 3.48. The Morgan fingerprint density at radius 1 is 1.15 bits per heavy atom. The normalized spacial score (nSPS) is 11.0. The van der Waals surface area contributed by atoms with Gasteiger partial charge in [-0.05, 0) is 29.1 Å². The first-order valence-electron chi connectivity index (χ1n) is 10.3. The van der Waals surface area contributed by atoms with Crippen molar-refractivity contribution >= 4 is 21.5 Å². The van der Waals surface area contributed by atoms with Gasteiger partial charge in [-0.25, -0.2) is 9.49 Å². The number of nitrogens with two attached hydrogens (primary N) is 1. The van der Waals surface area contributed by atoms with E-state index < -0.39 is 11.4 Å². The average Bonchev–Trinajstić information content (AvgIpc) is 3.23. The lowest BCUT2D eigenvalue weighted by molar-refractivity contribution is 0.629. The molecule has 2 heterocycles. The summed E-state index contributed by atoms with van der Waals surface area (Å²) in [5.74, 6) is -0.567. The number of aryl methyl sites for hydroxylation is 1. The topological polar surface area (TPSA) is 137 Å². The molecule has 0 atom stereocenters. The van der Waals surface area contributed by atoms with Gasteiger partial charge in [0.25, 0.3) is 5.56 Å². The van der Waals surface area contributed by atoms with Gasteiger partial charge in [-0.1, -0.05) is 24.3 Å². The monoisotopic (exact) mass is 449 g/mol. The molecule has 9 heteroatoms. The van der Waals surface area contributed by atoms with E-state index in [1.54, 1.807) is 43.4 Å². The number of aromatic nitrogens is 4. The third kappa shape index (κ3) is 3.04. The summed E-state index contributed by atoms with van der Waals surface area (Å²) >= 11 is 0. The highest BCUT2D eigenvalue weighted by Crippen LogP contribution is 2.39. The molecule has 34 heavy (non-hydrogen) atoms. The van der Waals surface area contributed by atoms with Crippen molar-refractivity contribution < 1.29 is 4.39 Å². The molecule has 5 rings (SSSR count). The number of nitrogens with one attached hydrogen (secondary N) is 1. The summed E-state index contributed by atoms with van der Waals surface area (Å²) in [4.78, 5) is 12.4. The molecule has 0 bridgehead atoms. The summed E-state index contributed by atoms with van der Waals surface area (Å²) < 4.78 is 16.9. The van der Waals surface area contributed by atoms with Crippen LogP contribution in [0.3, 0.4) is 0 Å². The van der Waals surface area contributed by atoms with E-state index in [0.717, 1.165) is 0 Å². The molecule has 0 radical (unpaired) electrons. The van der Waals surface area contributed by atoms with Gasteiger partial charge in [-0.3, -0.25) is 9.48 Å². The number of H-pyrrole nitrogens is 1. The number of fused-ring (bicyclic) bond motifs is 2. The molecule has 8 nitrogen and oxygen atoms in total. The molecule has 0 saturated heterocycles. The smallest absolute Gasteiger partial charge is 0.273 e. The molecular formula is C25H16FN7O. The number of hydrogen-bond donors (Lipinski definition) is 2. The maximum atomic E-state index is 15.5. The highest BCUT2D eigenvalue weighted by atomic mass is 19.1. The van der Waals surface area contributed by atoms with E-state index in [0.29, 0.717) is 38.7 Å². The van der Waals surface area contributed by atoms with Gasteiger partial charge in [0.05, 0.1) is 39.7 Å². The van der Waals surface area contributed by atoms with Crippen molar-refractivity contribution in [2.24, 2.45) is 12.8 Å². The van der Waals surface area contributed by atoms with Crippen LogP contribution in [0.4, 0.5) is 4.39 Å². The standard InChI is InChI=1S/C25H16FN7O/c1-33-24(23-18(10-28)16-5-3-2-4-13(16)8-20(23)26)19(12-30-33)14-6-15(9-27)22-17(7-14)21(11-29)31-32-25(22)34/h2-8,12H,11,29H2,1H3,(H,32,34). The van der Waals surface area contributed by atoms with Crippen LogP contribution in [0, 0.1) is 28.5 Å². The van der Waals surface area contributed by atoms with E-state index in [4.69, 9.17) is 5.73 Å². The third-order valence-electron chi connectivity index (χ3n) is 5.88. The molecule has 5 aromatic rings. The minimum absolute atomic E-state index is 0.0411. The third-order valence-corrected chi connectivity index (χ3v) is 5.88. The summed E-state index contributed by atoms with van der Waals surface area (Å²) in [5.41, 5.74) is 7.52. The SMILES string of the molecule is Cn1ncc(-c2cc(C#N)c3c(=O)[nH]nc(CN)c3c2)c1-c1c(F)cc2ccccc2c1C#N. The average molecular weight is 449 g/mol. The molecule has 0 spiro atoms. The molecule has 0 saturated carbocycles. The van der Waals surface area contributed by atoms with Gasteiger partial charge in [-0.2, -0.15) is 20.7 Å². The van der Waals surface area contributed by atoms with E-state index in [1.165, 1.54) is 16.9 Å². The Balaban J connectivity index is 1.87. The van der Waals surface area contributed by atoms with E-state index in [1.807, 2.05) is 0 Å². The Kier molecular flexibility index (Phi) is 4.90. The maximum Gasteiger partial charge on any atom is 0.273 e. The zero-order valence-electron chi connectivity index (χ0n) is 17.9. The second-order valence-electron chi connectivity index (χ2n) is 7.73. The number of benzene rings is 3. The Morgan fingerprint density at radius 3 is 2.68 bits per heavy atom. The lowest BCUT2D eigenvalue weighted by Gasteiger charge is -2.13. The van der Waals surface area contributed by atoms with Crippen LogP contribution in [-0.2, 0) is 13.6 Å². The molecule has 0 aliphatic rings. The van der Waals surface area contributed by atoms with Crippen LogP contribution in [0.25, 0.3) is 43.9 Å². The van der Waals surface area contributed by atoms with Crippen molar-refractivity contribution in [1.82, 2.24) is 20.0 Å². The van der Waals surface area contributed by atoms with Crippen molar-refractivity contribution in [2.75, 3.05) is 0 Å². The van der Waals surface area contributed by atoms with Crippen molar-refractivity contribution in [3.63, 3.8) is 0 Å². The van der Waals surface area contributed by atoms with Crippen molar-refractivity contribution in [1.29, 1.82) is 10.5 Å². The van der Waals surface area contributed by atoms with E-state index in [9.17, 15) is 15.3 Å². The van der Waals surface area contributed by atoms with Crippen LogP contribution in [0.5, 0.6) is 0 Å². The first kappa shape index (κ1) is 21.0. The minimum Gasteiger partial charge on any atom is -0.325 e. The van der Waals surface area contributed by atoms with Gasteiger partial charge >= 0.3 is 0 Å². The fourth-order valence-corrected chi connectivity index (χ4v) is 4.35. The number of aromatic amines is 1. The lowest BCUT2D eigenvalue weighted by Crippen LogP contribution is -2.14. The molecule has 0 amide bonds. The van der Waals surface area contributed by atoms with Crippen molar-refractivity contribution in [3.05, 3.63) is 81.7 Å². The van der Waals surface area contributed by atoms with E-state index >= 15 is 4.39 Å². The van der Waals surface area contributed by atoms with Gasteiger partial charge in [0.2, 0.25) is 0 Å². The number of hydrogen-bond acceptors (Lipinski definition) is 6. The zero-order valence-corrected chi connectivity index (χ0v) is 17.9. The molecule has 0 aliphatic carbocycles. The Labute approximate surface area is 192 Å². The Morgan fingerprint density at radius 2 is 1.94 bits per heavy atom. The Bertz CT molecular complexity index is 1770. The summed E-state index contributed by atoms with van der Waals surface area (Å²) in [6, 6.07) is 15.9. The summed E-state index contributed by atoms with van der Waals surface area (Å²) in [7, 11) is 1.65. The highest BCUT2D eigenvalue weighted by Gasteiger charge is 2.23. The molecule has 3 aromatic carbocycles. The number of nitrogens with zero attached hydrogens (tertiary/aromatic N) is 5. The van der Waals surface area contributed by atoms with Gasteiger partial charge in [0, 0.05) is 29.9 Å². The second-order valence-corrected chi connectivity index (χ2v) is 7.73. The molecule has 164 valence electrons. The molecule has 0 fully saturated rings. The first-order chi connectivity index (χ1) is 16.5. The lowest BCUT2D eigenvalue weighted by atomic mass is 9.92. The highest BCUT2D eigenvalue weighted by molar-refractivity contribution is 5.99.